The van der Waals surface area contributed by atoms with Crippen LogP contribution in [0.4, 0.5) is 0 Å². The molecule has 1 N–H and O–H groups in total. The van der Waals surface area contributed by atoms with E-state index < -0.39 is 15.9 Å². The van der Waals surface area contributed by atoms with Crippen molar-refractivity contribution < 1.29 is 13.2 Å². The predicted molar refractivity (Wildman–Crippen MR) is 64.9 cm³/mol. The van der Waals surface area contributed by atoms with E-state index in [0.29, 0.717) is 12.8 Å². The van der Waals surface area contributed by atoms with E-state index in [1.165, 1.54) is 0 Å². The molecule has 0 saturated carbocycles. The number of rotatable bonds is 6. The molecule has 0 aliphatic heterocycles. The van der Waals surface area contributed by atoms with Gasteiger partial charge in [0, 0.05) is 6.42 Å². The summed E-state index contributed by atoms with van der Waals surface area (Å²) in [4.78, 5) is 11.3. The van der Waals surface area contributed by atoms with Crippen molar-refractivity contribution in [2.24, 2.45) is 0 Å². The Labute approximate surface area is 99.7 Å². The van der Waals surface area contributed by atoms with Crippen LogP contribution < -0.4 is 4.72 Å². The van der Waals surface area contributed by atoms with Crippen LogP contribution >= 0.6 is 11.3 Å². The summed E-state index contributed by atoms with van der Waals surface area (Å²) in [5.74, 6) is -0.434. The third-order valence-corrected chi connectivity index (χ3v) is 4.18. The van der Waals surface area contributed by atoms with E-state index in [4.69, 9.17) is 0 Å². The number of hydrogen-bond donors (Lipinski definition) is 1. The maximum Gasteiger partial charge on any atom is 0.234 e. The molecule has 0 spiro atoms. The van der Waals surface area contributed by atoms with Gasteiger partial charge in [0.1, 0.15) is 0 Å². The third kappa shape index (κ3) is 4.76. The van der Waals surface area contributed by atoms with E-state index in [-0.39, 0.29) is 12.2 Å². The molecule has 0 radical (unpaired) electrons. The molecule has 6 heteroatoms. The first kappa shape index (κ1) is 13.2. The van der Waals surface area contributed by atoms with Gasteiger partial charge < -0.3 is 0 Å². The number of thiophene rings is 1. The molecule has 0 aliphatic carbocycles. The number of amides is 1. The topological polar surface area (TPSA) is 63.2 Å². The molecule has 0 aliphatic rings. The molecule has 1 rings (SSSR count). The van der Waals surface area contributed by atoms with Gasteiger partial charge in [-0.2, -0.15) is 11.3 Å². The second kappa shape index (κ2) is 6.00. The highest BCUT2D eigenvalue weighted by molar-refractivity contribution is 7.90. The number of sulfonamides is 1. The van der Waals surface area contributed by atoms with E-state index in [2.05, 4.69) is 4.72 Å². The summed E-state index contributed by atoms with van der Waals surface area (Å²) in [7, 11) is -3.42. The fourth-order valence-corrected chi connectivity index (χ4v) is 3.03. The van der Waals surface area contributed by atoms with E-state index in [0.717, 1.165) is 5.56 Å². The quantitative estimate of drug-likeness (QED) is 0.844. The zero-order valence-corrected chi connectivity index (χ0v) is 10.7. The molecule has 1 aromatic heterocycles. The summed E-state index contributed by atoms with van der Waals surface area (Å²) >= 11 is 1.56. The van der Waals surface area contributed by atoms with Crippen LogP contribution in [-0.4, -0.2) is 20.1 Å². The van der Waals surface area contributed by atoms with Crippen molar-refractivity contribution in [3.05, 3.63) is 22.4 Å². The second-order valence-corrected chi connectivity index (χ2v) is 6.10. The highest BCUT2D eigenvalue weighted by atomic mass is 32.2. The van der Waals surface area contributed by atoms with Crippen LogP contribution in [0.2, 0.25) is 0 Å². The number of carbonyl (C=O) groups excluding carboxylic acids is 1. The maximum absolute atomic E-state index is 11.3. The van der Waals surface area contributed by atoms with Gasteiger partial charge in [0.15, 0.2) is 0 Å². The lowest BCUT2D eigenvalue weighted by molar-refractivity contribution is -0.119. The largest absolute Gasteiger partial charge is 0.274 e. The van der Waals surface area contributed by atoms with Gasteiger partial charge in [-0.05, 0) is 35.2 Å². The van der Waals surface area contributed by atoms with Gasteiger partial charge in [0.05, 0.1) is 5.75 Å². The van der Waals surface area contributed by atoms with Crippen molar-refractivity contribution in [3.8, 4) is 0 Å². The van der Waals surface area contributed by atoms with Crippen molar-refractivity contribution in [2.45, 2.75) is 26.2 Å². The molecule has 0 aromatic carbocycles. The molecular formula is C10H15NO3S2. The standard InChI is InChI=1S/C10H15NO3S2/c1-2-7-16(13,14)11-10(12)4-3-9-5-6-15-8-9/h5-6,8H,2-4,7H2,1H3,(H,11,12). The maximum atomic E-state index is 11.3. The molecule has 90 valence electrons. The van der Waals surface area contributed by atoms with Crippen LogP contribution in [0.1, 0.15) is 25.3 Å². The number of nitrogens with one attached hydrogen (secondary N) is 1. The number of hydrogen-bond acceptors (Lipinski definition) is 4. The Hall–Kier alpha value is -0.880. The van der Waals surface area contributed by atoms with Gasteiger partial charge in [-0.1, -0.05) is 6.92 Å². The van der Waals surface area contributed by atoms with Crippen molar-refractivity contribution in [1.29, 1.82) is 0 Å². The van der Waals surface area contributed by atoms with Gasteiger partial charge >= 0.3 is 0 Å². The average Bonchev–Trinajstić information content (AvgIpc) is 2.66. The molecule has 0 saturated heterocycles. The highest BCUT2D eigenvalue weighted by Crippen LogP contribution is 2.08. The first-order chi connectivity index (χ1) is 7.53. The van der Waals surface area contributed by atoms with Crippen molar-refractivity contribution in [2.75, 3.05) is 5.75 Å². The van der Waals surface area contributed by atoms with Crippen LogP contribution in [0.15, 0.2) is 16.8 Å². The minimum atomic E-state index is -3.42. The first-order valence-electron chi connectivity index (χ1n) is 5.08. The highest BCUT2D eigenvalue weighted by Gasteiger charge is 2.12. The molecule has 1 aromatic rings. The van der Waals surface area contributed by atoms with Gasteiger partial charge in [-0.15, -0.1) is 0 Å². The SMILES string of the molecule is CCCS(=O)(=O)NC(=O)CCc1ccsc1. The molecule has 0 bridgehead atoms. The van der Waals surface area contributed by atoms with Crippen molar-refractivity contribution in [1.82, 2.24) is 4.72 Å². The molecular weight excluding hydrogens is 246 g/mol. The molecule has 4 nitrogen and oxygen atoms in total. The second-order valence-electron chi connectivity index (χ2n) is 3.48. The molecule has 1 amide bonds. The molecule has 0 fully saturated rings. The fraction of sp³-hybridized carbons (Fsp3) is 0.500. The Balaban J connectivity index is 2.37. The monoisotopic (exact) mass is 261 g/mol. The smallest absolute Gasteiger partial charge is 0.234 e. The molecule has 0 atom stereocenters. The van der Waals surface area contributed by atoms with E-state index in [9.17, 15) is 13.2 Å². The normalized spacial score (nSPS) is 11.3. The van der Waals surface area contributed by atoms with E-state index in [1.807, 2.05) is 16.8 Å². The summed E-state index contributed by atoms with van der Waals surface area (Å²) in [5, 5.41) is 3.88. The van der Waals surface area contributed by atoms with Gasteiger partial charge in [-0.3, -0.25) is 9.52 Å². The van der Waals surface area contributed by atoms with Crippen molar-refractivity contribution in [3.63, 3.8) is 0 Å². The van der Waals surface area contributed by atoms with Crippen LogP contribution in [-0.2, 0) is 21.2 Å². The first-order valence-corrected chi connectivity index (χ1v) is 7.67. The Morgan fingerprint density at radius 3 is 2.81 bits per heavy atom. The summed E-state index contributed by atoms with van der Waals surface area (Å²) < 4.78 is 24.6. The average molecular weight is 261 g/mol. The summed E-state index contributed by atoms with van der Waals surface area (Å²) in [6.07, 6.45) is 1.30. The fourth-order valence-electron chi connectivity index (χ4n) is 1.24. The summed E-state index contributed by atoms with van der Waals surface area (Å²) in [6, 6.07) is 1.93. The molecule has 1 heterocycles. The van der Waals surface area contributed by atoms with Gasteiger partial charge in [0.25, 0.3) is 0 Å². The van der Waals surface area contributed by atoms with E-state index >= 15 is 0 Å². The van der Waals surface area contributed by atoms with E-state index in [1.54, 1.807) is 18.3 Å². The van der Waals surface area contributed by atoms with Gasteiger partial charge in [0.2, 0.25) is 15.9 Å². The number of carbonyl (C=O) groups is 1. The Morgan fingerprint density at radius 2 is 2.25 bits per heavy atom. The minimum absolute atomic E-state index is 0.00279. The summed E-state index contributed by atoms with van der Waals surface area (Å²) in [5.41, 5.74) is 1.06. The number of aryl methyl sites for hydroxylation is 1. The Kier molecular flexibility index (Phi) is 4.95. The lowest BCUT2D eigenvalue weighted by atomic mass is 10.2. The third-order valence-electron chi connectivity index (χ3n) is 1.96. The van der Waals surface area contributed by atoms with Crippen LogP contribution in [0.5, 0.6) is 0 Å². The predicted octanol–water partition coefficient (Wildman–Crippen LogP) is 1.54. The molecule has 16 heavy (non-hydrogen) atoms. The van der Waals surface area contributed by atoms with Crippen LogP contribution in [0, 0.1) is 0 Å². The van der Waals surface area contributed by atoms with Gasteiger partial charge in [-0.25, -0.2) is 8.42 Å². The molecule has 0 unspecified atom stereocenters. The van der Waals surface area contributed by atoms with Crippen molar-refractivity contribution >= 4 is 27.3 Å². The van der Waals surface area contributed by atoms with Crippen LogP contribution in [0.3, 0.4) is 0 Å². The zero-order valence-electron chi connectivity index (χ0n) is 9.10. The minimum Gasteiger partial charge on any atom is -0.274 e. The summed E-state index contributed by atoms with van der Waals surface area (Å²) in [6.45, 7) is 1.76. The Morgan fingerprint density at radius 1 is 1.50 bits per heavy atom. The lowest BCUT2D eigenvalue weighted by Gasteiger charge is -2.04. The zero-order chi connectivity index (χ0) is 12.0. The lowest BCUT2D eigenvalue weighted by Crippen LogP contribution is -2.32. The Bertz CT molecular complexity index is 423. The van der Waals surface area contributed by atoms with Crippen LogP contribution in [0.25, 0.3) is 0 Å².